The quantitative estimate of drug-likeness (QED) is 0.774. The van der Waals surface area contributed by atoms with Gasteiger partial charge in [-0.15, -0.1) is 0 Å². The molecule has 0 spiro atoms. The summed E-state index contributed by atoms with van der Waals surface area (Å²) in [7, 11) is 0. The van der Waals surface area contributed by atoms with Crippen molar-refractivity contribution in [1.82, 2.24) is 9.97 Å². The summed E-state index contributed by atoms with van der Waals surface area (Å²) in [6.45, 7) is 14.5. The van der Waals surface area contributed by atoms with Crippen LogP contribution in [0.2, 0.25) is 0 Å². The van der Waals surface area contributed by atoms with Crippen molar-refractivity contribution in [2.24, 2.45) is 5.41 Å². The normalized spacial score (nSPS) is 13.4. The summed E-state index contributed by atoms with van der Waals surface area (Å²) in [4.78, 5) is 11.5. The minimum absolute atomic E-state index is 0.341. The zero-order chi connectivity index (χ0) is 14.5. The number of aromatic nitrogens is 2. The van der Waals surface area contributed by atoms with Crippen LogP contribution in [0.25, 0.3) is 0 Å². The maximum Gasteiger partial charge on any atom is 0.225 e. The summed E-state index contributed by atoms with van der Waals surface area (Å²) in [5.41, 5.74) is 1.46. The van der Waals surface area contributed by atoms with Gasteiger partial charge in [-0.1, -0.05) is 34.6 Å². The summed E-state index contributed by atoms with van der Waals surface area (Å²) in [6.07, 6.45) is 5.11. The van der Waals surface area contributed by atoms with E-state index in [1.165, 1.54) is 0 Å². The van der Waals surface area contributed by atoms with Gasteiger partial charge in [0.2, 0.25) is 5.95 Å². The minimum atomic E-state index is 0.341. The van der Waals surface area contributed by atoms with Crippen LogP contribution in [-0.4, -0.2) is 22.6 Å². The molecule has 0 aromatic carbocycles. The fraction of sp³-hybridized carbons (Fsp3) is 0.750. The number of anilines is 1. The molecule has 19 heavy (non-hydrogen) atoms. The molecular formula is C16H29N3. The van der Waals surface area contributed by atoms with Crippen molar-refractivity contribution in [3.63, 3.8) is 0 Å². The van der Waals surface area contributed by atoms with Gasteiger partial charge in [0.25, 0.3) is 0 Å². The van der Waals surface area contributed by atoms with Crippen LogP contribution in [-0.2, 0) is 6.42 Å². The standard InChI is InChI=1S/C16H29N3/c1-7-13(3)19(12-10-16(4,5)6)15-17-11-9-14(8-2)18-15/h9,11,13H,7-8,10,12H2,1-6H3. The lowest BCUT2D eigenvalue weighted by Gasteiger charge is -2.31. The second-order valence-corrected chi connectivity index (χ2v) is 6.46. The number of hydrogen-bond donors (Lipinski definition) is 0. The van der Waals surface area contributed by atoms with E-state index in [0.29, 0.717) is 11.5 Å². The number of nitrogens with zero attached hydrogens (tertiary/aromatic N) is 3. The van der Waals surface area contributed by atoms with Gasteiger partial charge in [0.05, 0.1) is 0 Å². The van der Waals surface area contributed by atoms with Crippen LogP contribution in [0.3, 0.4) is 0 Å². The topological polar surface area (TPSA) is 29.0 Å². The first-order chi connectivity index (χ1) is 8.87. The Kier molecular flexibility index (Phi) is 5.77. The average molecular weight is 263 g/mol. The summed E-state index contributed by atoms with van der Waals surface area (Å²) < 4.78 is 0. The molecule has 0 aliphatic carbocycles. The molecule has 0 saturated carbocycles. The molecule has 1 aromatic rings. The Bertz CT molecular complexity index is 382. The van der Waals surface area contributed by atoms with Crippen molar-refractivity contribution in [1.29, 1.82) is 0 Å². The molecule has 0 saturated heterocycles. The number of aryl methyl sites for hydroxylation is 1. The molecule has 1 rings (SSSR count). The number of hydrogen-bond acceptors (Lipinski definition) is 3. The van der Waals surface area contributed by atoms with Crippen molar-refractivity contribution >= 4 is 5.95 Å². The highest BCUT2D eigenvalue weighted by molar-refractivity contribution is 5.31. The van der Waals surface area contributed by atoms with E-state index >= 15 is 0 Å². The number of rotatable bonds is 6. The molecule has 3 heteroatoms. The minimum Gasteiger partial charge on any atom is -0.338 e. The smallest absolute Gasteiger partial charge is 0.225 e. The lowest BCUT2D eigenvalue weighted by Crippen LogP contribution is -2.36. The van der Waals surface area contributed by atoms with E-state index in [1.807, 2.05) is 12.3 Å². The van der Waals surface area contributed by atoms with Crippen molar-refractivity contribution in [3.05, 3.63) is 18.0 Å². The van der Waals surface area contributed by atoms with Gasteiger partial charge in [0.1, 0.15) is 0 Å². The Labute approximate surface area is 118 Å². The predicted octanol–water partition coefficient (Wildman–Crippen LogP) is 4.08. The largest absolute Gasteiger partial charge is 0.338 e. The lowest BCUT2D eigenvalue weighted by molar-refractivity contribution is 0.371. The van der Waals surface area contributed by atoms with Gasteiger partial charge in [-0.3, -0.25) is 0 Å². The van der Waals surface area contributed by atoms with E-state index in [-0.39, 0.29) is 0 Å². The van der Waals surface area contributed by atoms with Gasteiger partial charge in [-0.25, -0.2) is 9.97 Å². The van der Waals surface area contributed by atoms with E-state index in [2.05, 4.69) is 56.4 Å². The van der Waals surface area contributed by atoms with Crippen LogP contribution in [0, 0.1) is 5.41 Å². The molecule has 1 unspecified atom stereocenters. The molecule has 1 atom stereocenters. The van der Waals surface area contributed by atoms with Gasteiger partial charge >= 0.3 is 0 Å². The van der Waals surface area contributed by atoms with Crippen molar-refractivity contribution < 1.29 is 0 Å². The predicted molar refractivity (Wildman–Crippen MR) is 82.6 cm³/mol. The van der Waals surface area contributed by atoms with Crippen LogP contribution in [0.1, 0.15) is 60.1 Å². The highest BCUT2D eigenvalue weighted by Crippen LogP contribution is 2.22. The Morgan fingerprint density at radius 2 is 1.95 bits per heavy atom. The third-order valence-corrected chi connectivity index (χ3v) is 3.55. The molecule has 0 radical (unpaired) electrons. The highest BCUT2D eigenvalue weighted by atomic mass is 15.3. The van der Waals surface area contributed by atoms with Gasteiger partial charge in [-0.2, -0.15) is 0 Å². The molecular weight excluding hydrogens is 234 g/mol. The van der Waals surface area contributed by atoms with E-state index in [0.717, 1.165) is 37.4 Å². The summed E-state index contributed by atoms with van der Waals surface area (Å²) in [6, 6.07) is 2.48. The first-order valence-corrected chi connectivity index (χ1v) is 7.46. The molecule has 0 aliphatic rings. The van der Waals surface area contributed by atoms with E-state index in [1.54, 1.807) is 0 Å². The van der Waals surface area contributed by atoms with Crippen LogP contribution in [0.4, 0.5) is 5.95 Å². The monoisotopic (exact) mass is 263 g/mol. The maximum atomic E-state index is 4.68. The van der Waals surface area contributed by atoms with Crippen LogP contribution in [0.5, 0.6) is 0 Å². The Balaban J connectivity index is 2.89. The van der Waals surface area contributed by atoms with Gasteiger partial charge in [-0.05, 0) is 37.7 Å². The highest BCUT2D eigenvalue weighted by Gasteiger charge is 2.19. The molecule has 0 aliphatic heterocycles. The third kappa shape index (κ3) is 5.17. The van der Waals surface area contributed by atoms with Crippen LogP contribution >= 0.6 is 0 Å². The Morgan fingerprint density at radius 1 is 1.26 bits per heavy atom. The first-order valence-electron chi connectivity index (χ1n) is 7.46. The lowest BCUT2D eigenvalue weighted by atomic mass is 9.92. The fourth-order valence-corrected chi connectivity index (χ4v) is 1.91. The van der Waals surface area contributed by atoms with E-state index < -0.39 is 0 Å². The molecule has 108 valence electrons. The fourth-order valence-electron chi connectivity index (χ4n) is 1.91. The van der Waals surface area contributed by atoms with E-state index in [9.17, 15) is 0 Å². The summed E-state index contributed by atoms with van der Waals surface area (Å²) in [5, 5.41) is 0. The van der Waals surface area contributed by atoms with Crippen LogP contribution < -0.4 is 4.90 Å². The SMILES string of the molecule is CCc1ccnc(N(CCC(C)(C)C)C(C)CC)n1. The first kappa shape index (κ1) is 15.9. The Hall–Kier alpha value is -1.12. The Morgan fingerprint density at radius 3 is 2.47 bits per heavy atom. The van der Waals surface area contributed by atoms with Crippen molar-refractivity contribution in [3.8, 4) is 0 Å². The second-order valence-electron chi connectivity index (χ2n) is 6.46. The van der Waals surface area contributed by atoms with Crippen molar-refractivity contribution in [2.75, 3.05) is 11.4 Å². The van der Waals surface area contributed by atoms with Gasteiger partial charge in [0.15, 0.2) is 0 Å². The zero-order valence-corrected chi connectivity index (χ0v) is 13.4. The zero-order valence-electron chi connectivity index (χ0n) is 13.4. The summed E-state index contributed by atoms with van der Waals surface area (Å²) >= 11 is 0. The molecule has 1 aromatic heterocycles. The maximum absolute atomic E-state index is 4.68. The third-order valence-electron chi connectivity index (χ3n) is 3.55. The second kappa shape index (κ2) is 6.88. The van der Waals surface area contributed by atoms with E-state index in [4.69, 9.17) is 0 Å². The molecule has 0 bridgehead atoms. The summed E-state index contributed by atoms with van der Waals surface area (Å²) in [5.74, 6) is 0.887. The van der Waals surface area contributed by atoms with Crippen LogP contribution in [0.15, 0.2) is 12.3 Å². The molecule has 1 heterocycles. The van der Waals surface area contributed by atoms with Gasteiger partial charge < -0.3 is 4.90 Å². The molecule has 0 amide bonds. The van der Waals surface area contributed by atoms with Crippen molar-refractivity contribution in [2.45, 2.75) is 66.8 Å². The molecule has 0 fully saturated rings. The molecule has 3 nitrogen and oxygen atoms in total. The average Bonchev–Trinajstić information content (AvgIpc) is 2.37. The molecule has 0 N–H and O–H groups in total. The van der Waals surface area contributed by atoms with Gasteiger partial charge in [0, 0.05) is 24.5 Å².